The molecule has 0 aliphatic heterocycles. The van der Waals surface area contributed by atoms with Crippen LogP contribution < -0.4 is 5.32 Å². The molecule has 1 atom stereocenters. The number of nitrogens with one attached hydrogen (secondary N) is 1. The molecular weight excluding hydrogens is 373 g/mol. The Morgan fingerprint density at radius 3 is 2.85 bits per heavy atom. The minimum absolute atomic E-state index is 0.197. The molecule has 1 amide bonds. The Morgan fingerprint density at radius 1 is 1.40 bits per heavy atom. The van der Waals surface area contributed by atoms with E-state index in [2.05, 4.69) is 10.1 Å². The number of methoxy groups -OCH3 is 1. The highest BCUT2D eigenvalue weighted by molar-refractivity contribution is 14.1. The minimum Gasteiger partial charge on any atom is -0.468 e. The molecule has 1 unspecified atom stereocenters. The maximum atomic E-state index is 12.0. The van der Waals surface area contributed by atoms with Crippen molar-refractivity contribution in [2.75, 3.05) is 13.7 Å². The van der Waals surface area contributed by atoms with Gasteiger partial charge in [0, 0.05) is 11.9 Å². The highest BCUT2D eigenvalue weighted by Gasteiger charge is 2.18. The van der Waals surface area contributed by atoms with Crippen LogP contribution >= 0.6 is 22.6 Å². The molecule has 106 valence electrons. The average molecular weight is 387 g/mol. The largest absolute Gasteiger partial charge is 0.468 e. The number of hydrogen-bond donors (Lipinski definition) is 1. The smallest absolute Gasteiger partial charge is 0.320 e. The van der Waals surface area contributed by atoms with Crippen LogP contribution in [0.25, 0.3) is 11.0 Å². The van der Waals surface area contributed by atoms with Crippen LogP contribution in [-0.4, -0.2) is 29.5 Å². The maximum Gasteiger partial charge on any atom is 0.320 e. The van der Waals surface area contributed by atoms with Crippen molar-refractivity contribution in [3.05, 3.63) is 35.6 Å². The zero-order valence-corrected chi connectivity index (χ0v) is 13.3. The van der Waals surface area contributed by atoms with Gasteiger partial charge in [0.2, 0.25) is 0 Å². The molecule has 6 heteroatoms. The summed E-state index contributed by atoms with van der Waals surface area (Å²) < 4.78 is 9.64. The van der Waals surface area contributed by atoms with E-state index in [0.29, 0.717) is 5.58 Å². The molecule has 0 aliphatic rings. The third-order valence-electron chi connectivity index (χ3n) is 2.79. The van der Waals surface area contributed by atoms with E-state index in [1.165, 1.54) is 7.11 Å². The lowest BCUT2D eigenvalue weighted by molar-refractivity contribution is -0.139. The van der Waals surface area contributed by atoms with Crippen molar-refractivity contribution in [1.29, 1.82) is 0 Å². The van der Waals surface area contributed by atoms with E-state index in [1.54, 1.807) is 6.07 Å². The second-order valence-electron chi connectivity index (χ2n) is 4.35. The average Bonchev–Trinajstić information content (AvgIpc) is 2.86. The van der Waals surface area contributed by atoms with Crippen LogP contribution in [0, 0.1) is 6.92 Å². The van der Waals surface area contributed by atoms with Gasteiger partial charge in [-0.1, -0.05) is 34.2 Å². The number of furan rings is 1. The molecule has 20 heavy (non-hydrogen) atoms. The molecule has 1 aromatic heterocycles. The number of hydrogen-bond acceptors (Lipinski definition) is 4. The number of amides is 1. The second-order valence-corrected chi connectivity index (χ2v) is 5.86. The predicted octanol–water partition coefficient (Wildman–Crippen LogP) is 2.45. The third kappa shape index (κ3) is 3.30. The Kier molecular flexibility index (Phi) is 4.64. The molecule has 0 fully saturated rings. The first-order valence-corrected chi connectivity index (χ1v) is 7.26. The Labute approximate surface area is 129 Å². The zero-order valence-electron chi connectivity index (χ0n) is 11.1. The highest BCUT2D eigenvalue weighted by atomic mass is 127. The Hall–Kier alpha value is -1.57. The number of carbonyl (C=O) groups excluding carboxylic acids is 2. The normalized spacial score (nSPS) is 12.2. The number of ether oxygens (including phenoxy) is 1. The van der Waals surface area contributed by atoms with Gasteiger partial charge in [-0.05, 0) is 25.1 Å². The topological polar surface area (TPSA) is 68.5 Å². The number of esters is 1. The lowest BCUT2D eigenvalue weighted by Crippen LogP contribution is -2.33. The van der Waals surface area contributed by atoms with Crippen molar-refractivity contribution in [1.82, 2.24) is 5.32 Å². The number of fused-ring (bicyclic) bond motifs is 1. The van der Waals surface area contributed by atoms with E-state index >= 15 is 0 Å². The summed E-state index contributed by atoms with van der Waals surface area (Å²) in [5, 5.41) is 3.53. The van der Waals surface area contributed by atoms with Gasteiger partial charge in [-0.25, -0.2) is 0 Å². The van der Waals surface area contributed by atoms with Crippen LogP contribution in [0.1, 0.15) is 16.1 Å². The van der Waals surface area contributed by atoms with Crippen LogP contribution in [-0.2, 0) is 9.53 Å². The summed E-state index contributed by atoms with van der Waals surface area (Å²) in [5.41, 5.74) is 1.77. The molecule has 0 radical (unpaired) electrons. The number of benzene rings is 1. The van der Waals surface area contributed by atoms with Crippen molar-refractivity contribution in [3.8, 4) is 0 Å². The Balaban J connectivity index is 2.06. The predicted molar refractivity (Wildman–Crippen MR) is 83.1 cm³/mol. The van der Waals surface area contributed by atoms with Gasteiger partial charge < -0.3 is 14.5 Å². The SMILES string of the molecule is COC(=O)C(I)CNC(=O)c1cc2cc(C)ccc2o1. The van der Waals surface area contributed by atoms with Gasteiger partial charge in [-0.3, -0.25) is 9.59 Å². The second kappa shape index (κ2) is 6.25. The monoisotopic (exact) mass is 387 g/mol. The van der Waals surface area contributed by atoms with Gasteiger partial charge in [0.15, 0.2) is 5.76 Å². The van der Waals surface area contributed by atoms with Gasteiger partial charge >= 0.3 is 5.97 Å². The van der Waals surface area contributed by atoms with Crippen molar-refractivity contribution in [3.63, 3.8) is 0 Å². The van der Waals surface area contributed by atoms with E-state index in [0.717, 1.165) is 10.9 Å². The van der Waals surface area contributed by atoms with Crippen LogP contribution in [0.2, 0.25) is 0 Å². The fourth-order valence-electron chi connectivity index (χ4n) is 1.76. The lowest BCUT2D eigenvalue weighted by Gasteiger charge is -2.07. The summed E-state index contributed by atoms with van der Waals surface area (Å²) in [6, 6.07) is 7.39. The van der Waals surface area contributed by atoms with Crippen molar-refractivity contribution in [2.24, 2.45) is 0 Å². The Morgan fingerprint density at radius 2 is 2.15 bits per heavy atom. The molecule has 0 saturated heterocycles. The van der Waals surface area contributed by atoms with Crippen molar-refractivity contribution in [2.45, 2.75) is 10.8 Å². The molecule has 1 aromatic carbocycles. The first-order chi connectivity index (χ1) is 9.51. The van der Waals surface area contributed by atoms with Gasteiger partial charge in [0.25, 0.3) is 5.91 Å². The molecule has 0 saturated carbocycles. The first kappa shape index (κ1) is 14.8. The fraction of sp³-hybridized carbons (Fsp3) is 0.286. The van der Waals surface area contributed by atoms with Crippen LogP contribution in [0.15, 0.2) is 28.7 Å². The molecule has 5 nitrogen and oxygen atoms in total. The molecule has 2 rings (SSSR count). The van der Waals surface area contributed by atoms with E-state index in [-0.39, 0.29) is 24.2 Å². The van der Waals surface area contributed by atoms with Gasteiger partial charge in [-0.2, -0.15) is 0 Å². The summed E-state index contributed by atoms with van der Waals surface area (Å²) in [4.78, 5) is 23.2. The van der Waals surface area contributed by atoms with E-state index in [9.17, 15) is 9.59 Å². The molecule has 2 aromatic rings. The van der Waals surface area contributed by atoms with Crippen LogP contribution in [0.5, 0.6) is 0 Å². The molecule has 1 heterocycles. The minimum atomic E-state index is -0.423. The molecule has 0 spiro atoms. The number of halogens is 1. The first-order valence-electron chi connectivity index (χ1n) is 6.01. The van der Waals surface area contributed by atoms with Crippen LogP contribution in [0.4, 0.5) is 0 Å². The number of rotatable bonds is 4. The summed E-state index contributed by atoms with van der Waals surface area (Å²) in [6.07, 6.45) is 0. The van der Waals surface area contributed by atoms with Crippen molar-refractivity contribution >= 4 is 45.4 Å². The van der Waals surface area contributed by atoms with E-state index in [1.807, 2.05) is 47.7 Å². The summed E-state index contributed by atoms with van der Waals surface area (Å²) >= 11 is 1.92. The maximum absolute atomic E-state index is 12.0. The molecule has 1 N–H and O–H groups in total. The highest BCUT2D eigenvalue weighted by Crippen LogP contribution is 2.20. The Bertz CT molecular complexity index is 650. The number of alkyl halides is 1. The number of carbonyl (C=O) groups is 2. The third-order valence-corrected chi connectivity index (χ3v) is 3.74. The van der Waals surface area contributed by atoms with E-state index < -0.39 is 3.92 Å². The molecule has 0 aliphatic carbocycles. The molecule has 0 bridgehead atoms. The molecular formula is C14H14INO4. The number of aryl methyl sites for hydroxylation is 1. The van der Waals surface area contributed by atoms with Gasteiger partial charge in [-0.15, -0.1) is 0 Å². The summed E-state index contributed by atoms with van der Waals surface area (Å²) in [6.45, 7) is 2.17. The van der Waals surface area contributed by atoms with Gasteiger partial charge in [0.05, 0.1) is 7.11 Å². The standard InChI is InChI=1S/C14H14INO4/c1-8-3-4-11-9(5-8)6-12(20-11)13(17)16-7-10(15)14(18)19-2/h3-6,10H,7H2,1-2H3,(H,16,17). The van der Waals surface area contributed by atoms with Crippen molar-refractivity contribution < 1.29 is 18.7 Å². The fourth-order valence-corrected chi connectivity index (χ4v) is 2.23. The zero-order chi connectivity index (χ0) is 14.7. The van der Waals surface area contributed by atoms with Gasteiger partial charge in [0.1, 0.15) is 9.51 Å². The van der Waals surface area contributed by atoms with Crippen LogP contribution in [0.3, 0.4) is 0 Å². The van der Waals surface area contributed by atoms with E-state index in [4.69, 9.17) is 4.42 Å². The quantitative estimate of drug-likeness (QED) is 0.497. The summed E-state index contributed by atoms with van der Waals surface area (Å²) in [5.74, 6) is -0.477. The summed E-state index contributed by atoms with van der Waals surface area (Å²) in [7, 11) is 1.32. The lowest BCUT2D eigenvalue weighted by atomic mass is 10.2.